The van der Waals surface area contributed by atoms with E-state index < -0.39 is 0 Å². The number of nitrogens with two attached hydrogens (primary N) is 1. The molecule has 0 aliphatic carbocycles. The molecule has 0 aliphatic rings. The average Bonchev–Trinajstić information content (AvgIpc) is 2.18. The van der Waals surface area contributed by atoms with Gasteiger partial charge in [-0.25, -0.2) is 0 Å². The summed E-state index contributed by atoms with van der Waals surface area (Å²) in [6.07, 6.45) is 1.57. The van der Waals surface area contributed by atoms with E-state index in [0.29, 0.717) is 5.92 Å². The maximum absolute atomic E-state index is 9.87. The van der Waals surface area contributed by atoms with Crippen LogP contribution in [0.3, 0.4) is 0 Å². The topological polar surface area (TPSA) is 46.2 Å². The van der Waals surface area contributed by atoms with Gasteiger partial charge in [0.1, 0.15) is 0 Å². The van der Waals surface area contributed by atoms with Crippen molar-refractivity contribution < 1.29 is 5.11 Å². The predicted molar refractivity (Wildman–Crippen MR) is 59.9 cm³/mol. The molecule has 0 bridgehead atoms. The molecule has 3 N–H and O–H groups in total. The Balaban J connectivity index is 2.60. The van der Waals surface area contributed by atoms with E-state index in [1.165, 1.54) is 0 Å². The molecular weight excluding hydrogens is 174 g/mol. The molecule has 2 atom stereocenters. The van der Waals surface area contributed by atoms with Crippen LogP contribution in [0.1, 0.15) is 38.4 Å². The summed E-state index contributed by atoms with van der Waals surface area (Å²) in [6.45, 7) is 4.29. The van der Waals surface area contributed by atoms with Gasteiger partial charge in [-0.15, -0.1) is 0 Å². The summed E-state index contributed by atoms with van der Waals surface area (Å²) < 4.78 is 0. The largest absolute Gasteiger partial charge is 0.399 e. The minimum Gasteiger partial charge on any atom is -0.399 e. The molecule has 0 amide bonds. The molecule has 2 unspecified atom stereocenters. The summed E-state index contributed by atoms with van der Waals surface area (Å²) >= 11 is 0. The van der Waals surface area contributed by atoms with E-state index >= 15 is 0 Å². The van der Waals surface area contributed by atoms with Gasteiger partial charge in [0.25, 0.3) is 0 Å². The Hall–Kier alpha value is -1.02. The van der Waals surface area contributed by atoms with E-state index in [0.717, 1.165) is 24.1 Å². The maximum atomic E-state index is 9.87. The summed E-state index contributed by atoms with van der Waals surface area (Å²) in [4.78, 5) is 0. The smallest absolute Gasteiger partial charge is 0.0792 e. The van der Waals surface area contributed by atoms with E-state index in [1.807, 2.05) is 24.3 Å². The number of rotatable bonds is 4. The van der Waals surface area contributed by atoms with E-state index in [2.05, 4.69) is 13.8 Å². The minimum absolute atomic E-state index is 0.356. The van der Waals surface area contributed by atoms with Gasteiger partial charge >= 0.3 is 0 Å². The van der Waals surface area contributed by atoms with Crippen LogP contribution in [-0.2, 0) is 0 Å². The highest BCUT2D eigenvalue weighted by Crippen LogP contribution is 2.23. The lowest BCUT2D eigenvalue weighted by atomic mass is 9.96. The summed E-state index contributed by atoms with van der Waals surface area (Å²) in [5.74, 6) is 0.558. The fraction of sp³-hybridized carbons (Fsp3) is 0.500. The summed E-state index contributed by atoms with van der Waals surface area (Å²) in [6, 6.07) is 7.44. The quantitative estimate of drug-likeness (QED) is 0.722. The number of hydrogen-bond donors (Lipinski definition) is 2. The molecule has 0 radical (unpaired) electrons. The van der Waals surface area contributed by atoms with Crippen molar-refractivity contribution in [3.8, 4) is 0 Å². The lowest BCUT2D eigenvalue weighted by Crippen LogP contribution is -2.03. The highest BCUT2D eigenvalue weighted by atomic mass is 16.3. The van der Waals surface area contributed by atoms with Gasteiger partial charge in [-0.05, 0) is 30.0 Å². The highest BCUT2D eigenvalue weighted by molar-refractivity contribution is 5.39. The van der Waals surface area contributed by atoms with Gasteiger partial charge in [0.2, 0.25) is 0 Å². The third kappa shape index (κ3) is 3.04. The van der Waals surface area contributed by atoms with Crippen molar-refractivity contribution in [3.63, 3.8) is 0 Å². The molecule has 0 fully saturated rings. The van der Waals surface area contributed by atoms with E-state index in [1.54, 1.807) is 0 Å². The van der Waals surface area contributed by atoms with Gasteiger partial charge in [0.05, 0.1) is 6.10 Å². The van der Waals surface area contributed by atoms with Gasteiger partial charge in [-0.1, -0.05) is 32.4 Å². The van der Waals surface area contributed by atoms with Crippen molar-refractivity contribution in [2.24, 2.45) is 5.92 Å². The Morgan fingerprint density at radius 3 is 2.36 bits per heavy atom. The highest BCUT2D eigenvalue weighted by Gasteiger charge is 2.10. The number of nitrogen functional groups attached to an aromatic ring is 1. The fourth-order valence-corrected chi connectivity index (χ4v) is 1.40. The van der Waals surface area contributed by atoms with Gasteiger partial charge in [0.15, 0.2) is 0 Å². The second-order valence-electron chi connectivity index (χ2n) is 3.93. The molecule has 2 heteroatoms. The summed E-state index contributed by atoms with van der Waals surface area (Å²) in [5.41, 5.74) is 7.27. The standard InChI is InChI=1S/C12H19NO/c1-3-9(2)8-12(14)10-4-6-11(13)7-5-10/h4-7,9,12,14H,3,8,13H2,1-2H3. The molecule has 14 heavy (non-hydrogen) atoms. The Bertz CT molecular complexity index is 268. The Labute approximate surface area is 85.8 Å². The van der Waals surface area contributed by atoms with Crippen LogP contribution in [0.5, 0.6) is 0 Å². The van der Waals surface area contributed by atoms with Crippen LogP contribution in [0, 0.1) is 5.92 Å². The van der Waals surface area contributed by atoms with Crippen molar-refractivity contribution in [2.75, 3.05) is 5.73 Å². The molecule has 2 nitrogen and oxygen atoms in total. The molecule has 0 aliphatic heterocycles. The first kappa shape index (κ1) is 11.1. The summed E-state index contributed by atoms with van der Waals surface area (Å²) in [7, 11) is 0. The molecule has 1 aromatic carbocycles. The molecule has 0 saturated heterocycles. The lowest BCUT2D eigenvalue weighted by molar-refractivity contribution is 0.146. The SMILES string of the molecule is CCC(C)CC(O)c1ccc(N)cc1. The van der Waals surface area contributed by atoms with E-state index in [-0.39, 0.29) is 6.10 Å². The number of aliphatic hydroxyl groups excluding tert-OH is 1. The second-order valence-corrected chi connectivity index (χ2v) is 3.93. The number of aliphatic hydroxyl groups is 1. The summed E-state index contributed by atoms with van der Waals surface area (Å²) in [5, 5.41) is 9.87. The monoisotopic (exact) mass is 193 g/mol. The van der Waals surface area contributed by atoms with Gasteiger partial charge in [0, 0.05) is 5.69 Å². The number of benzene rings is 1. The van der Waals surface area contributed by atoms with Crippen molar-refractivity contribution >= 4 is 5.69 Å². The minimum atomic E-state index is -0.356. The zero-order chi connectivity index (χ0) is 10.6. The van der Waals surface area contributed by atoms with Crippen molar-refractivity contribution in [2.45, 2.75) is 32.8 Å². The molecule has 0 heterocycles. The van der Waals surface area contributed by atoms with Crippen LogP contribution in [0.4, 0.5) is 5.69 Å². The number of anilines is 1. The lowest BCUT2D eigenvalue weighted by Gasteiger charge is -2.15. The first-order valence-electron chi connectivity index (χ1n) is 5.17. The van der Waals surface area contributed by atoms with Crippen LogP contribution >= 0.6 is 0 Å². The zero-order valence-corrected chi connectivity index (χ0v) is 8.90. The molecule has 78 valence electrons. The third-order valence-corrected chi connectivity index (χ3v) is 2.64. The predicted octanol–water partition coefficient (Wildman–Crippen LogP) is 2.74. The van der Waals surface area contributed by atoms with E-state index in [4.69, 9.17) is 5.73 Å². The van der Waals surface area contributed by atoms with Gasteiger partial charge in [-0.3, -0.25) is 0 Å². The van der Waals surface area contributed by atoms with Gasteiger partial charge in [-0.2, -0.15) is 0 Å². The van der Waals surface area contributed by atoms with Crippen molar-refractivity contribution in [1.82, 2.24) is 0 Å². The molecule has 1 aromatic rings. The first-order valence-corrected chi connectivity index (χ1v) is 5.17. The molecule has 0 spiro atoms. The van der Waals surface area contributed by atoms with Crippen molar-refractivity contribution in [1.29, 1.82) is 0 Å². The van der Waals surface area contributed by atoms with Gasteiger partial charge < -0.3 is 10.8 Å². The third-order valence-electron chi connectivity index (χ3n) is 2.64. The molecule has 0 saturated carbocycles. The normalized spacial score (nSPS) is 15.1. The molecule has 0 aromatic heterocycles. The van der Waals surface area contributed by atoms with Crippen LogP contribution in [0.2, 0.25) is 0 Å². The van der Waals surface area contributed by atoms with Crippen LogP contribution in [-0.4, -0.2) is 5.11 Å². The Morgan fingerprint density at radius 2 is 1.86 bits per heavy atom. The van der Waals surface area contributed by atoms with Crippen LogP contribution < -0.4 is 5.73 Å². The first-order chi connectivity index (χ1) is 6.63. The maximum Gasteiger partial charge on any atom is 0.0792 e. The Kier molecular flexibility index (Phi) is 3.96. The fourth-order valence-electron chi connectivity index (χ4n) is 1.40. The van der Waals surface area contributed by atoms with Crippen LogP contribution in [0.25, 0.3) is 0 Å². The molecular formula is C12H19NO. The zero-order valence-electron chi connectivity index (χ0n) is 8.90. The number of hydrogen-bond acceptors (Lipinski definition) is 2. The molecule has 1 rings (SSSR count). The van der Waals surface area contributed by atoms with Crippen LogP contribution in [0.15, 0.2) is 24.3 Å². The van der Waals surface area contributed by atoms with Crippen molar-refractivity contribution in [3.05, 3.63) is 29.8 Å². The Morgan fingerprint density at radius 1 is 1.29 bits per heavy atom. The average molecular weight is 193 g/mol. The van der Waals surface area contributed by atoms with E-state index in [9.17, 15) is 5.11 Å². The second kappa shape index (κ2) is 5.01.